The molecular weight excluding hydrogens is 305 g/mol. The number of hydrogen-bond donors (Lipinski definition) is 2. The number of nitrogens with one attached hydrogen (secondary N) is 1. The van der Waals surface area contributed by atoms with Crippen LogP contribution in [-0.4, -0.2) is 26.7 Å². The van der Waals surface area contributed by atoms with Crippen LogP contribution in [0.1, 0.15) is 0 Å². The summed E-state index contributed by atoms with van der Waals surface area (Å²) in [5, 5.41) is 2.84. The van der Waals surface area contributed by atoms with Crippen LogP contribution in [0.25, 0.3) is 0 Å². The Balaban J connectivity index is 1.98. The van der Waals surface area contributed by atoms with Crippen LogP contribution in [-0.2, 0) is 9.84 Å². The van der Waals surface area contributed by atoms with Crippen LogP contribution in [0.2, 0.25) is 0 Å². The molecule has 7 heteroatoms. The van der Waals surface area contributed by atoms with Gasteiger partial charge in [0.05, 0.1) is 12.3 Å². The number of benzene rings is 2. The van der Waals surface area contributed by atoms with Gasteiger partial charge < -0.3 is 11.1 Å². The third-order valence-electron chi connectivity index (χ3n) is 2.86. The van der Waals surface area contributed by atoms with Crippen LogP contribution in [0.4, 0.5) is 10.1 Å². The molecule has 0 saturated carbocycles. The standard InChI is InChI=1S/C15H16FN3O2S/c16-13-8-4-5-9-14(13)22(20,21)11-10-18-15(17)19-12-6-2-1-3-7-12/h1-9H,10-11H2,(H3,17,18,19). The number of sulfone groups is 1. The minimum absolute atomic E-state index is 0.0532. The van der Waals surface area contributed by atoms with Gasteiger partial charge in [-0.05, 0) is 24.3 Å². The maximum atomic E-state index is 13.5. The maximum absolute atomic E-state index is 13.5. The number of hydrogen-bond acceptors (Lipinski definition) is 3. The lowest BCUT2D eigenvalue weighted by Gasteiger charge is -2.06. The van der Waals surface area contributed by atoms with Gasteiger partial charge in [0, 0.05) is 5.69 Å². The van der Waals surface area contributed by atoms with Crippen molar-refractivity contribution in [3.63, 3.8) is 0 Å². The van der Waals surface area contributed by atoms with Gasteiger partial charge in [-0.3, -0.25) is 4.99 Å². The second-order valence-corrected chi connectivity index (χ2v) is 6.58. The fourth-order valence-corrected chi connectivity index (χ4v) is 3.00. The summed E-state index contributed by atoms with van der Waals surface area (Å²) in [6.07, 6.45) is 0. The second-order valence-electron chi connectivity index (χ2n) is 4.51. The van der Waals surface area contributed by atoms with Crippen molar-refractivity contribution in [2.24, 2.45) is 10.7 Å². The molecule has 3 N–H and O–H groups in total. The summed E-state index contributed by atoms with van der Waals surface area (Å²) in [4.78, 5) is 3.62. The number of nitrogens with zero attached hydrogens (tertiary/aromatic N) is 1. The summed E-state index contributed by atoms with van der Waals surface area (Å²) >= 11 is 0. The van der Waals surface area contributed by atoms with E-state index in [0.29, 0.717) is 0 Å². The molecular formula is C15H16FN3O2S. The fraction of sp³-hybridized carbons (Fsp3) is 0.133. The fourth-order valence-electron chi connectivity index (χ4n) is 1.80. The van der Waals surface area contributed by atoms with Gasteiger partial charge in [0.25, 0.3) is 0 Å². The number of halogens is 1. The number of aliphatic imine (C=N–C) groups is 1. The number of anilines is 1. The van der Waals surface area contributed by atoms with Gasteiger partial charge >= 0.3 is 0 Å². The molecule has 22 heavy (non-hydrogen) atoms. The van der Waals surface area contributed by atoms with Crippen molar-refractivity contribution in [1.29, 1.82) is 0 Å². The Labute approximate surface area is 128 Å². The molecule has 0 aliphatic heterocycles. The Morgan fingerprint density at radius 3 is 2.41 bits per heavy atom. The van der Waals surface area contributed by atoms with Crippen LogP contribution >= 0.6 is 0 Å². The minimum atomic E-state index is -3.72. The summed E-state index contributed by atoms with van der Waals surface area (Å²) in [5.41, 5.74) is 6.42. The topological polar surface area (TPSA) is 84.5 Å². The maximum Gasteiger partial charge on any atom is 0.193 e. The van der Waals surface area contributed by atoms with E-state index in [1.54, 1.807) is 12.1 Å². The highest BCUT2D eigenvalue weighted by Crippen LogP contribution is 2.15. The monoisotopic (exact) mass is 321 g/mol. The Hall–Kier alpha value is -2.41. The Bertz CT molecular complexity index is 761. The van der Waals surface area contributed by atoms with Gasteiger partial charge in [0.2, 0.25) is 0 Å². The van der Waals surface area contributed by atoms with E-state index >= 15 is 0 Å². The van der Waals surface area contributed by atoms with Gasteiger partial charge in [0.1, 0.15) is 10.7 Å². The Kier molecular flexibility index (Phi) is 5.11. The first-order valence-electron chi connectivity index (χ1n) is 6.58. The van der Waals surface area contributed by atoms with E-state index in [-0.39, 0.29) is 23.2 Å². The van der Waals surface area contributed by atoms with Crippen LogP contribution in [0.5, 0.6) is 0 Å². The molecule has 0 unspecified atom stereocenters. The summed E-state index contributed by atoms with van der Waals surface area (Å²) in [6, 6.07) is 14.4. The van der Waals surface area contributed by atoms with Crippen LogP contribution in [0.15, 0.2) is 64.5 Å². The number of guanidine groups is 1. The highest BCUT2D eigenvalue weighted by Gasteiger charge is 2.17. The normalized spacial score (nSPS) is 12.1. The van der Waals surface area contributed by atoms with E-state index in [4.69, 9.17) is 5.73 Å². The molecule has 0 amide bonds. The third-order valence-corrected chi connectivity index (χ3v) is 4.58. The predicted molar refractivity (Wildman–Crippen MR) is 85.0 cm³/mol. The molecule has 0 radical (unpaired) electrons. The van der Waals surface area contributed by atoms with Crippen molar-refractivity contribution < 1.29 is 12.8 Å². The van der Waals surface area contributed by atoms with Crippen molar-refractivity contribution in [3.05, 3.63) is 60.4 Å². The first-order valence-corrected chi connectivity index (χ1v) is 8.23. The second kappa shape index (κ2) is 7.04. The number of para-hydroxylation sites is 1. The molecule has 2 rings (SSSR count). The van der Waals surface area contributed by atoms with E-state index in [2.05, 4.69) is 10.3 Å². The van der Waals surface area contributed by atoms with Crippen LogP contribution < -0.4 is 11.1 Å². The summed E-state index contributed by atoms with van der Waals surface area (Å²) in [6.45, 7) is -0.0532. The van der Waals surface area contributed by atoms with Crippen molar-refractivity contribution in [2.75, 3.05) is 17.6 Å². The van der Waals surface area contributed by atoms with Crippen molar-refractivity contribution >= 4 is 21.5 Å². The van der Waals surface area contributed by atoms with Crippen LogP contribution in [0, 0.1) is 5.82 Å². The predicted octanol–water partition coefficient (Wildman–Crippen LogP) is 2.03. The lowest BCUT2D eigenvalue weighted by Crippen LogP contribution is -2.24. The molecule has 0 atom stereocenters. The van der Waals surface area contributed by atoms with Crippen molar-refractivity contribution in [3.8, 4) is 0 Å². The van der Waals surface area contributed by atoms with Crippen molar-refractivity contribution in [2.45, 2.75) is 4.90 Å². The van der Waals surface area contributed by atoms with Gasteiger partial charge in [-0.1, -0.05) is 30.3 Å². The minimum Gasteiger partial charge on any atom is -0.370 e. The zero-order chi connectivity index (χ0) is 16.0. The van der Waals surface area contributed by atoms with Gasteiger partial charge in [-0.25, -0.2) is 12.8 Å². The summed E-state index contributed by atoms with van der Waals surface area (Å²) in [5.74, 6) is -0.970. The van der Waals surface area contributed by atoms with E-state index in [9.17, 15) is 12.8 Å². The highest BCUT2D eigenvalue weighted by molar-refractivity contribution is 7.91. The molecule has 0 aromatic heterocycles. The van der Waals surface area contributed by atoms with Gasteiger partial charge in [-0.2, -0.15) is 0 Å². The summed E-state index contributed by atoms with van der Waals surface area (Å²) < 4.78 is 37.6. The molecule has 0 saturated heterocycles. The van der Waals surface area contributed by atoms with E-state index in [0.717, 1.165) is 11.8 Å². The lowest BCUT2D eigenvalue weighted by molar-refractivity contribution is 0.567. The zero-order valence-electron chi connectivity index (χ0n) is 11.7. The summed E-state index contributed by atoms with van der Waals surface area (Å²) in [7, 11) is -3.72. The van der Waals surface area contributed by atoms with Gasteiger partial charge in [-0.15, -0.1) is 0 Å². The van der Waals surface area contributed by atoms with E-state index in [1.165, 1.54) is 18.2 Å². The Morgan fingerprint density at radius 2 is 1.73 bits per heavy atom. The van der Waals surface area contributed by atoms with Crippen molar-refractivity contribution in [1.82, 2.24) is 0 Å². The van der Waals surface area contributed by atoms with E-state index in [1.807, 2.05) is 18.2 Å². The molecule has 2 aromatic carbocycles. The highest BCUT2D eigenvalue weighted by atomic mass is 32.2. The molecule has 2 aromatic rings. The molecule has 0 heterocycles. The molecule has 5 nitrogen and oxygen atoms in total. The lowest BCUT2D eigenvalue weighted by atomic mass is 10.3. The average Bonchev–Trinajstić information content (AvgIpc) is 2.48. The number of nitrogens with two attached hydrogens (primary N) is 1. The molecule has 0 aliphatic carbocycles. The van der Waals surface area contributed by atoms with Crippen LogP contribution in [0.3, 0.4) is 0 Å². The molecule has 116 valence electrons. The molecule has 0 bridgehead atoms. The molecule has 0 fully saturated rings. The molecule has 0 aliphatic rings. The Morgan fingerprint density at radius 1 is 1.09 bits per heavy atom. The quantitative estimate of drug-likeness (QED) is 0.652. The number of rotatable bonds is 5. The first kappa shape index (κ1) is 16.0. The SMILES string of the molecule is NC(=NCCS(=O)(=O)c1ccccc1F)Nc1ccccc1. The largest absolute Gasteiger partial charge is 0.370 e. The zero-order valence-corrected chi connectivity index (χ0v) is 12.6. The third kappa shape index (κ3) is 4.29. The molecule has 0 spiro atoms. The first-order chi connectivity index (χ1) is 10.5. The van der Waals surface area contributed by atoms with E-state index < -0.39 is 15.7 Å². The smallest absolute Gasteiger partial charge is 0.193 e. The average molecular weight is 321 g/mol. The van der Waals surface area contributed by atoms with Gasteiger partial charge in [0.15, 0.2) is 15.8 Å².